The summed E-state index contributed by atoms with van der Waals surface area (Å²) in [5.74, 6) is 3.50. The van der Waals surface area contributed by atoms with Gasteiger partial charge >= 0.3 is 0 Å². The van der Waals surface area contributed by atoms with Crippen LogP contribution in [0.3, 0.4) is 0 Å². The Morgan fingerprint density at radius 2 is 2.08 bits per heavy atom. The van der Waals surface area contributed by atoms with E-state index in [4.69, 9.17) is 0 Å². The zero-order valence-electron chi connectivity index (χ0n) is 7.62. The molecule has 1 nitrogen and oxygen atoms in total. The van der Waals surface area contributed by atoms with Crippen LogP contribution in [0.25, 0.3) is 0 Å². The third-order valence-electron chi connectivity index (χ3n) is 2.46. The van der Waals surface area contributed by atoms with E-state index < -0.39 is 0 Å². The zero-order valence-corrected chi connectivity index (χ0v) is 9.26. The lowest BCUT2D eigenvalue weighted by atomic mass is 9.89. The van der Waals surface area contributed by atoms with Crippen molar-refractivity contribution in [2.75, 3.05) is 11.5 Å². The van der Waals surface area contributed by atoms with Crippen LogP contribution >= 0.6 is 23.5 Å². The van der Waals surface area contributed by atoms with Crippen molar-refractivity contribution in [1.29, 1.82) is 0 Å². The summed E-state index contributed by atoms with van der Waals surface area (Å²) in [4.78, 5) is 11.2. The number of rotatable bonds is 1. The third kappa shape index (κ3) is 2.78. The summed E-state index contributed by atoms with van der Waals surface area (Å²) in [5.41, 5.74) is 0. The highest BCUT2D eigenvalue weighted by Crippen LogP contribution is 2.38. The Morgan fingerprint density at radius 3 is 2.77 bits per heavy atom. The smallest absolute Gasteiger partial charge is 0.133 e. The fourth-order valence-electron chi connectivity index (χ4n) is 1.82. The topological polar surface area (TPSA) is 17.1 Å². The number of ketones is 1. The maximum Gasteiger partial charge on any atom is 0.133 e. The molecule has 1 aliphatic heterocycles. The van der Waals surface area contributed by atoms with E-state index in [-0.39, 0.29) is 0 Å². The Balaban J connectivity index is 1.92. The number of carbonyl (C=O) groups is 1. The average molecular weight is 214 g/mol. The molecule has 1 saturated heterocycles. The highest BCUT2D eigenvalue weighted by Gasteiger charge is 2.19. The van der Waals surface area contributed by atoms with Gasteiger partial charge in [-0.25, -0.2) is 0 Å². The molecule has 2 aliphatic rings. The minimum Gasteiger partial charge on any atom is -0.300 e. The van der Waals surface area contributed by atoms with Gasteiger partial charge in [-0.2, -0.15) is 0 Å². The molecule has 0 spiro atoms. The molecule has 0 aromatic heterocycles. The van der Waals surface area contributed by atoms with Crippen molar-refractivity contribution in [2.24, 2.45) is 5.92 Å². The predicted octanol–water partition coefficient (Wildman–Crippen LogP) is 3.07. The molecule has 0 amide bonds. The van der Waals surface area contributed by atoms with Crippen LogP contribution in [0.15, 0.2) is 10.3 Å². The Kier molecular flexibility index (Phi) is 3.39. The van der Waals surface area contributed by atoms with Gasteiger partial charge in [-0.05, 0) is 18.8 Å². The van der Waals surface area contributed by atoms with Gasteiger partial charge in [-0.1, -0.05) is 6.08 Å². The van der Waals surface area contributed by atoms with Crippen LogP contribution in [0.5, 0.6) is 0 Å². The molecular weight excluding hydrogens is 200 g/mol. The fourth-order valence-corrected chi connectivity index (χ4v) is 4.29. The van der Waals surface area contributed by atoms with Crippen molar-refractivity contribution in [3.8, 4) is 0 Å². The minimum atomic E-state index is 0.459. The Bertz CT molecular complexity index is 227. The lowest BCUT2D eigenvalue weighted by Gasteiger charge is -2.17. The van der Waals surface area contributed by atoms with Crippen LogP contribution in [0.2, 0.25) is 0 Å². The summed E-state index contributed by atoms with van der Waals surface area (Å²) in [5, 5.41) is 0. The van der Waals surface area contributed by atoms with Crippen molar-refractivity contribution in [3.05, 3.63) is 10.3 Å². The molecule has 1 saturated carbocycles. The molecule has 0 aromatic carbocycles. The molecule has 2 fully saturated rings. The lowest BCUT2D eigenvalue weighted by Crippen LogP contribution is -2.12. The first-order valence-electron chi connectivity index (χ1n) is 4.84. The van der Waals surface area contributed by atoms with E-state index in [0.29, 0.717) is 11.7 Å². The molecule has 1 aliphatic carbocycles. The number of Topliss-reactive ketones (excluding diaryl/α,β-unsaturated/α-hetero) is 1. The van der Waals surface area contributed by atoms with Gasteiger partial charge < -0.3 is 0 Å². The summed E-state index contributed by atoms with van der Waals surface area (Å²) in [7, 11) is 0. The van der Waals surface area contributed by atoms with E-state index in [9.17, 15) is 4.79 Å². The van der Waals surface area contributed by atoms with Gasteiger partial charge in [0, 0.05) is 28.6 Å². The first kappa shape index (κ1) is 9.66. The van der Waals surface area contributed by atoms with Gasteiger partial charge in [0.2, 0.25) is 0 Å². The quantitative estimate of drug-likeness (QED) is 0.668. The van der Waals surface area contributed by atoms with Crippen LogP contribution in [-0.4, -0.2) is 17.3 Å². The van der Waals surface area contributed by atoms with Crippen molar-refractivity contribution >= 4 is 29.3 Å². The van der Waals surface area contributed by atoms with E-state index in [1.807, 2.05) is 23.5 Å². The second-order valence-electron chi connectivity index (χ2n) is 3.58. The van der Waals surface area contributed by atoms with E-state index in [1.165, 1.54) is 22.2 Å². The van der Waals surface area contributed by atoms with E-state index in [1.54, 1.807) is 0 Å². The average Bonchev–Trinajstić information content (AvgIpc) is 2.57. The molecule has 0 N–H and O–H groups in total. The van der Waals surface area contributed by atoms with Crippen LogP contribution in [0.4, 0.5) is 0 Å². The molecule has 0 radical (unpaired) electrons. The van der Waals surface area contributed by atoms with Gasteiger partial charge in [-0.15, -0.1) is 23.5 Å². The monoisotopic (exact) mass is 214 g/mol. The van der Waals surface area contributed by atoms with Gasteiger partial charge in [0.15, 0.2) is 0 Å². The van der Waals surface area contributed by atoms with Crippen LogP contribution in [0, 0.1) is 5.92 Å². The SMILES string of the molecule is O=C1CCCC(C=C2SCCS2)C1. The summed E-state index contributed by atoms with van der Waals surface area (Å²) < 4.78 is 1.46. The number of thioether (sulfide) groups is 2. The number of hydrogen-bond acceptors (Lipinski definition) is 3. The first-order chi connectivity index (χ1) is 6.34. The van der Waals surface area contributed by atoms with E-state index in [2.05, 4.69) is 6.08 Å². The number of allylic oxidation sites excluding steroid dienone is 1. The third-order valence-corrected chi connectivity index (χ3v) is 5.09. The molecular formula is C10H14OS2. The highest BCUT2D eigenvalue weighted by molar-refractivity contribution is 8.25. The van der Waals surface area contributed by atoms with Gasteiger partial charge in [-0.3, -0.25) is 4.79 Å². The second kappa shape index (κ2) is 4.56. The summed E-state index contributed by atoms with van der Waals surface area (Å²) in [6, 6.07) is 0. The van der Waals surface area contributed by atoms with Gasteiger partial charge in [0.25, 0.3) is 0 Å². The molecule has 3 heteroatoms. The van der Waals surface area contributed by atoms with Crippen molar-refractivity contribution < 1.29 is 4.79 Å². The van der Waals surface area contributed by atoms with Crippen molar-refractivity contribution in [3.63, 3.8) is 0 Å². The summed E-state index contributed by atoms with van der Waals surface area (Å²) in [6.45, 7) is 0. The predicted molar refractivity (Wildman–Crippen MR) is 60.0 cm³/mol. The van der Waals surface area contributed by atoms with Crippen LogP contribution in [-0.2, 0) is 4.79 Å². The molecule has 0 bridgehead atoms. The summed E-state index contributed by atoms with van der Waals surface area (Å²) >= 11 is 3.90. The van der Waals surface area contributed by atoms with Crippen molar-refractivity contribution in [2.45, 2.75) is 25.7 Å². The number of carbonyl (C=O) groups excluding carboxylic acids is 1. The maximum absolute atomic E-state index is 11.2. The number of hydrogen-bond donors (Lipinski definition) is 0. The lowest BCUT2D eigenvalue weighted by molar-refractivity contribution is -0.121. The van der Waals surface area contributed by atoms with Crippen molar-refractivity contribution in [1.82, 2.24) is 0 Å². The molecule has 1 unspecified atom stereocenters. The maximum atomic E-state index is 11.2. The van der Waals surface area contributed by atoms with E-state index in [0.717, 1.165) is 19.3 Å². The minimum absolute atomic E-state index is 0.459. The molecule has 0 aromatic rings. The fraction of sp³-hybridized carbons (Fsp3) is 0.700. The largest absolute Gasteiger partial charge is 0.300 e. The highest BCUT2D eigenvalue weighted by atomic mass is 32.2. The molecule has 1 atom stereocenters. The summed E-state index contributed by atoms with van der Waals surface area (Å²) in [6.07, 6.45) is 6.27. The molecule has 2 rings (SSSR count). The van der Waals surface area contributed by atoms with Crippen LogP contribution < -0.4 is 0 Å². The Hall–Kier alpha value is 0.110. The van der Waals surface area contributed by atoms with Crippen LogP contribution in [0.1, 0.15) is 25.7 Å². The van der Waals surface area contributed by atoms with Gasteiger partial charge in [0.1, 0.15) is 5.78 Å². The Morgan fingerprint density at radius 1 is 1.31 bits per heavy atom. The molecule has 72 valence electrons. The Labute approximate surface area is 87.7 Å². The standard InChI is InChI=1S/C10H14OS2/c11-9-3-1-2-8(6-9)7-10-12-4-5-13-10/h7-8H,1-6H2. The molecule has 1 heterocycles. The van der Waals surface area contributed by atoms with E-state index >= 15 is 0 Å². The normalized spacial score (nSPS) is 29.4. The van der Waals surface area contributed by atoms with Gasteiger partial charge in [0.05, 0.1) is 0 Å². The zero-order chi connectivity index (χ0) is 9.10. The first-order valence-corrected chi connectivity index (χ1v) is 6.81. The molecule has 13 heavy (non-hydrogen) atoms. The second-order valence-corrected chi connectivity index (χ2v) is 6.11.